The van der Waals surface area contributed by atoms with Crippen molar-refractivity contribution in [2.75, 3.05) is 16.4 Å². The van der Waals surface area contributed by atoms with Gasteiger partial charge in [-0.25, -0.2) is 15.0 Å². The SMILES string of the molecule is Cc1cc(Nc2ncnc3ccc(C)c(OC[CH-]CI)c23)ccc1Oc1ccc2c(c1)ncn2C.[CH3-].[Li+]. The van der Waals surface area contributed by atoms with Crippen LogP contribution in [0.15, 0.2) is 61.2 Å². The smallest absolute Gasteiger partial charge is 0.524 e. The minimum absolute atomic E-state index is 0. The molecule has 0 aliphatic rings. The number of imidazole rings is 1. The molecule has 9 heteroatoms. The largest absolute Gasteiger partial charge is 1.00 e. The minimum Gasteiger partial charge on any atom is -0.524 e. The van der Waals surface area contributed by atoms with E-state index >= 15 is 0 Å². The van der Waals surface area contributed by atoms with Crippen LogP contribution in [0.4, 0.5) is 11.5 Å². The number of hydrogen-bond acceptors (Lipinski definition) is 6. The summed E-state index contributed by atoms with van der Waals surface area (Å²) in [5, 5.41) is 4.32. The van der Waals surface area contributed by atoms with Crippen molar-refractivity contribution in [3.8, 4) is 17.2 Å². The Morgan fingerprint density at radius 3 is 2.59 bits per heavy atom. The normalized spacial score (nSPS) is 10.6. The maximum atomic E-state index is 6.16. The summed E-state index contributed by atoms with van der Waals surface area (Å²) in [5.74, 6) is 3.04. The van der Waals surface area contributed by atoms with E-state index in [2.05, 4.69) is 49.3 Å². The summed E-state index contributed by atoms with van der Waals surface area (Å²) in [6, 6.07) is 15.9. The first-order valence-electron chi connectivity index (χ1n) is 11.2. The van der Waals surface area contributed by atoms with Crippen LogP contribution in [0.1, 0.15) is 11.1 Å². The molecule has 2 heterocycles. The molecule has 3 aromatic carbocycles. The number of anilines is 2. The van der Waals surface area contributed by atoms with E-state index in [9.17, 15) is 0 Å². The predicted octanol–water partition coefficient (Wildman–Crippen LogP) is 4.14. The van der Waals surface area contributed by atoms with Gasteiger partial charge in [0.25, 0.3) is 0 Å². The van der Waals surface area contributed by atoms with Crippen molar-refractivity contribution < 1.29 is 28.3 Å². The van der Waals surface area contributed by atoms with Crippen LogP contribution in [0.3, 0.4) is 0 Å². The van der Waals surface area contributed by atoms with Gasteiger partial charge < -0.3 is 26.8 Å². The zero-order valence-corrected chi connectivity index (χ0v) is 23.9. The number of aryl methyl sites for hydroxylation is 3. The van der Waals surface area contributed by atoms with Crippen LogP contribution in [0.25, 0.3) is 21.9 Å². The quantitative estimate of drug-likeness (QED) is 0.0950. The Balaban J connectivity index is 0.00000190. The Hall–Kier alpha value is -2.80. The topological polar surface area (TPSA) is 74.1 Å². The second-order valence-electron chi connectivity index (χ2n) is 8.30. The third-order valence-electron chi connectivity index (χ3n) is 5.77. The van der Waals surface area contributed by atoms with Gasteiger partial charge in [-0.3, -0.25) is 6.42 Å². The Bertz CT molecular complexity index is 1520. The molecule has 5 aromatic rings. The Kier molecular flexibility index (Phi) is 9.82. The molecular weight excluding hydrogens is 572 g/mol. The van der Waals surface area contributed by atoms with Gasteiger partial charge in [-0.2, -0.15) is 0 Å². The van der Waals surface area contributed by atoms with Crippen molar-refractivity contribution in [1.29, 1.82) is 0 Å². The summed E-state index contributed by atoms with van der Waals surface area (Å²) in [5.41, 5.74) is 5.75. The van der Waals surface area contributed by atoms with Gasteiger partial charge in [-0.15, -0.1) is 27.0 Å². The van der Waals surface area contributed by atoms with Crippen LogP contribution in [0.5, 0.6) is 17.2 Å². The van der Waals surface area contributed by atoms with Gasteiger partial charge in [0, 0.05) is 18.8 Å². The molecule has 0 atom stereocenters. The molecule has 0 fully saturated rings. The number of alkyl halides is 1. The van der Waals surface area contributed by atoms with Crippen LogP contribution in [0, 0.1) is 27.7 Å². The average Bonchev–Trinajstić information content (AvgIpc) is 3.22. The molecule has 0 aliphatic heterocycles. The van der Waals surface area contributed by atoms with Gasteiger partial charge in [-0.05, 0) is 68.0 Å². The molecule has 0 bridgehead atoms. The molecule has 5 rings (SSSR count). The van der Waals surface area contributed by atoms with Gasteiger partial charge in [0.05, 0.1) is 28.3 Å². The monoisotopic (exact) mass is 600 g/mol. The van der Waals surface area contributed by atoms with Crippen molar-refractivity contribution in [1.82, 2.24) is 19.5 Å². The molecule has 0 aliphatic carbocycles. The Labute approximate surface area is 243 Å². The van der Waals surface area contributed by atoms with Crippen LogP contribution < -0.4 is 33.7 Å². The summed E-state index contributed by atoms with van der Waals surface area (Å²) in [7, 11) is 1.98. The van der Waals surface area contributed by atoms with E-state index in [4.69, 9.17) is 9.47 Å². The molecule has 1 N–H and O–H groups in total. The predicted molar refractivity (Wildman–Crippen MR) is 155 cm³/mol. The first-order chi connectivity index (χ1) is 17.0. The minimum atomic E-state index is 0. The molecule has 186 valence electrons. The Morgan fingerprint density at radius 2 is 1.81 bits per heavy atom. The fraction of sp³-hybridized carbons (Fsp3) is 0.179. The number of benzene rings is 3. The van der Waals surface area contributed by atoms with Crippen molar-refractivity contribution in [2.24, 2.45) is 7.05 Å². The fourth-order valence-electron chi connectivity index (χ4n) is 3.98. The molecule has 0 spiro atoms. The first kappa shape index (κ1) is 28.8. The molecule has 7 nitrogen and oxygen atoms in total. The zero-order chi connectivity index (χ0) is 24.4. The molecule has 0 radical (unpaired) electrons. The number of ether oxygens (including phenoxy) is 2. The number of halogens is 1. The van der Waals surface area contributed by atoms with Crippen LogP contribution >= 0.6 is 22.6 Å². The van der Waals surface area contributed by atoms with Gasteiger partial charge in [-0.1, -0.05) is 6.07 Å². The summed E-state index contributed by atoms with van der Waals surface area (Å²) < 4.78 is 15.2. The third-order valence-corrected chi connectivity index (χ3v) is 6.39. The molecular formula is C28H28ILiN5O2-. The summed E-state index contributed by atoms with van der Waals surface area (Å²) >= 11 is 2.31. The molecule has 2 aromatic heterocycles. The van der Waals surface area contributed by atoms with Gasteiger partial charge in [0.15, 0.2) is 0 Å². The summed E-state index contributed by atoms with van der Waals surface area (Å²) in [6.45, 7) is 4.59. The standard InChI is InChI=1S/C27H25IN5O2.CH3.Li/c1-17-5-8-21-25(26(17)34-12-4-11-28)27(30-15-29-21)32-19-6-10-24(18(2)13-19)35-20-7-9-23-22(14-20)31-16-33(23)3;;/h4-10,13-16H,11-12H2,1-3H3,(H,29,30,32);1H3;/q2*-1;+1. The molecule has 37 heavy (non-hydrogen) atoms. The molecule has 0 saturated heterocycles. The van der Waals surface area contributed by atoms with E-state index < -0.39 is 0 Å². The molecule has 0 unspecified atom stereocenters. The van der Waals surface area contributed by atoms with E-state index in [1.54, 1.807) is 12.7 Å². The van der Waals surface area contributed by atoms with Crippen LogP contribution in [0.2, 0.25) is 0 Å². The maximum Gasteiger partial charge on any atom is 1.00 e. The second-order valence-corrected chi connectivity index (χ2v) is 9.18. The summed E-state index contributed by atoms with van der Waals surface area (Å²) in [6.07, 6.45) is 5.46. The number of nitrogens with zero attached hydrogens (tertiary/aromatic N) is 4. The van der Waals surface area contributed by atoms with Crippen molar-refractivity contribution in [2.45, 2.75) is 13.8 Å². The fourth-order valence-corrected chi connectivity index (χ4v) is 4.23. The van der Waals surface area contributed by atoms with E-state index in [0.29, 0.717) is 12.4 Å². The van der Waals surface area contributed by atoms with Crippen molar-refractivity contribution >= 4 is 56.0 Å². The van der Waals surface area contributed by atoms with Crippen molar-refractivity contribution in [3.05, 3.63) is 86.2 Å². The second kappa shape index (κ2) is 12.6. The number of hydrogen-bond donors (Lipinski definition) is 1. The van der Waals surface area contributed by atoms with Crippen LogP contribution in [-0.4, -0.2) is 30.6 Å². The van der Waals surface area contributed by atoms with Gasteiger partial charge in [0.1, 0.15) is 29.4 Å². The van der Waals surface area contributed by atoms with Gasteiger partial charge in [0.2, 0.25) is 0 Å². The molecule has 0 saturated carbocycles. The molecule has 0 amide bonds. The number of rotatable bonds is 8. The van der Waals surface area contributed by atoms with E-state index in [1.165, 1.54) is 0 Å². The van der Waals surface area contributed by atoms with Crippen LogP contribution in [-0.2, 0) is 7.05 Å². The third kappa shape index (κ3) is 6.20. The van der Waals surface area contributed by atoms with E-state index in [0.717, 1.165) is 60.4 Å². The van der Waals surface area contributed by atoms with Crippen molar-refractivity contribution in [3.63, 3.8) is 0 Å². The number of nitrogens with one attached hydrogen (secondary N) is 1. The van der Waals surface area contributed by atoms with E-state index in [1.807, 2.05) is 74.0 Å². The summed E-state index contributed by atoms with van der Waals surface area (Å²) in [4.78, 5) is 13.4. The Morgan fingerprint density at radius 1 is 0.973 bits per heavy atom. The number of fused-ring (bicyclic) bond motifs is 2. The van der Waals surface area contributed by atoms with Gasteiger partial charge >= 0.3 is 18.9 Å². The average molecular weight is 600 g/mol. The van der Waals surface area contributed by atoms with E-state index in [-0.39, 0.29) is 26.3 Å². The first-order valence-corrected chi connectivity index (χ1v) is 12.8. The number of aromatic nitrogens is 4. The maximum absolute atomic E-state index is 6.16. The zero-order valence-electron chi connectivity index (χ0n) is 21.7.